The molecule has 15 heavy (non-hydrogen) atoms. The number of amides is 1. The minimum Gasteiger partial charge on any atom is -0.378 e. The zero-order chi connectivity index (χ0) is 11.3. The summed E-state index contributed by atoms with van der Waals surface area (Å²) in [6.45, 7) is 5.59. The Balaban J connectivity index is 2.13. The molecule has 1 amide bonds. The molecule has 0 spiro atoms. The molecule has 0 aromatic rings. The summed E-state index contributed by atoms with van der Waals surface area (Å²) in [5.41, 5.74) is 0. The lowest BCUT2D eigenvalue weighted by atomic mass is 10.0. The van der Waals surface area contributed by atoms with E-state index in [1.54, 1.807) is 0 Å². The third-order valence-corrected chi connectivity index (χ3v) is 3.25. The van der Waals surface area contributed by atoms with E-state index in [1.807, 2.05) is 6.92 Å². The Labute approximate surface area is 100 Å². The lowest BCUT2D eigenvalue weighted by Gasteiger charge is -2.14. The average molecular weight is 278 g/mol. The zero-order valence-electron chi connectivity index (χ0n) is 9.46. The van der Waals surface area contributed by atoms with Crippen LogP contribution in [0.5, 0.6) is 0 Å². The first-order valence-corrected chi connectivity index (χ1v) is 6.56. The highest BCUT2D eigenvalue weighted by Gasteiger charge is 2.30. The second-order valence-corrected chi connectivity index (χ2v) is 5.75. The van der Waals surface area contributed by atoms with E-state index >= 15 is 0 Å². The molecule has 0 bridgehead atoms. The smallest absolute Gasteiger partial charge is 0.225 e. The number of hydrogen-bond donors (Lipinski definition) is 1. The van der Waals surface area contributed by atoms with Gasteiger partial charge in [0, 0.05) is 18.0 Å². The van der Waals surface area contributed by atoms with Crippen LogP contribution in [-0.4, -0.2) is 30.0 Å². The highest BCUT2D eigenvalue weighted by atomic mass is 79.9. The van der Waals surface area contributed by atoms with Crippen LogP contribution in [0.3, 0.4) is 0 Å². The molecular weight excluding hydrogens is 258 g/mol. The van der Waals surface area contributed by atoms with E-state index in [-0.39, 0.29) is 17.9 Å². The van der Waals surface area contributed by atoms with Gasteiger partial charge in [-0.3, -0.25) is 4.79 Å². The van der Waals surface area contributed by atoms with Gasteiger partial charge in [0.15, 0.2) is 0 Å². The average Bonchev–Trinajstić information content (AvgIpc) is 2.58. The van der Waals surface area contributed by atoms with Crippen molar-refractivity contribution in [1.82, 2.24) is 5.32 Å². The van der Waals surface area contributed by atoms with E-state index in [1.165, 1.54) is 0 Å². The molecule has 88 valence electrons. The van der Waals surface area contributed by atoms with Crippen molar-refractivity contribution in [2.24, 2.45) is 5.92 Å². The standard InChI is InChI=1S/C11H20BrNO2/c1-8(12)4-3-6-13-11(14)10-5-7-15-9(10)2/h8-10H,3-7H2,1-2H3,(H,13,14). The maximum Gasteiger partial charge on any atom is 0.225 e. The summed E-state index contributed by atoms with van der Waals surface area (Å²) >= 11 is 3.48. The summed E-state index contributed by atoms with van der Waals surface area (Å²) in [6, 6.07) is 0. The molecule has 1 N–H and O–H groups in total. The van der Waals surface area contributed by atoms with Crippen LogP contribution in [0.1, 0.15) is 33.1 Å². The molecule has 1 rings (SSSR count). The van der Waals surface area contributed by atoms with Crippen molar-refractivity contribution < 1.29 is 9.53 Å². The predicted molar refractivity (Wildman–Crippen MR) is 64.2 cm³/mol. The number of halogens is 1. The lowest BCUT2D eigenvalue weighted by Crippen LogP contribution is -2.34. The van der Waals surface area contributed by atoms with Crippen molar-refractivity contribution in [3.63, 3.8) is 0 Å². The highest BCUT2D eigenvalue weighted by molar-refractivity contribution is 9.09. The molecule has 0 aromatic carbocycles. The number of ether oxygens (including phenoxy) is 1. The number of carbonyl (C=O) groups is 1. The van der Waals surface area contributed by atoms with E-state index in [2.05, 4.69) is 28.2 Å². The van der Waals surface area contributed by atoms with Gasteiger partial charge in [-0.05, 0) is 26.2 Å². The van der Waals surface area contributed by atoms with Crippen LogP contribution in [0.25, 0.3) is 0 Å². The van der Waals surface area contributed by atoms with E-state index in [0.29, 0.717) is 4.83 Å². The quantitative estimate of drug-likeness (QED) is 0.617. The molecule has 0 aromatic heterocycles. The molecular formula is C11H20BrNO2. The number of nitrogens with one attached hydrogen (secondary N) is 1. The highest BCUT2D eigenvalue weighted by Crippen LogP contribution is 2.20. The minimum atomic E-state index is 0.0615. The topological polar surface area (TPSA) is 38.3 Å². The van der Waals surface area contributed by atoms with Crippen LogP contribution < -0.4 is 5.32 Å². The Bertz CT molecular complexity index is 209. The summed E-state index contributed by atoms with van der Waals surface area (Å²) < 4.78 is 5.36. The van der Waals surface area contributed by atoms with Gasteiger partial charge in [-0.2, -0.15) is 0 Å². The second-order valence-electron chi connectivity index (χ2n) is 4.19. The summed E-state index contributed by atoms with van der Waals surface area (Å²) in [5.74, 6) is 0.216. The maximum atomic E-state index is 11.7. The third-order valence-electron chi connectivity index (χ3n) is 2.79. The summed E-state index contributed by atoms with van der Waals surface area (Å²) in [7, 11) is 0. The Hall–Kier alpha value is -0.0900. The van der Waals surface area contributed by atoms with Gasteiger partial charge < -0.3 is 10.1 Å². The minimum absolute atomic E-state index is 0.0615. The predicted octanol–water partition coefficient (Wildman–Crippen LogP) is 2.09. The lowest BCUT2D eigenvalue weighted by molar-refractivity contribution is -0.126. The molecule has 3 atom stereocenters. The van der Waals surface area contributed by atoms with E-state index in [9.17, 15) is 4.79 Å². The number of carbonyl (C=O) groups excluding carboxylic acids is 1. The Kier molecular flexibility index (Phi) is 5.61. The SMILES string of the molecule is CC(Br)CCCNC(=O)C1CCOC1C. The molecule has 1 saturated heterocycles. The van der Waals surface area contributed by atoms with Gasteiger partial charge in [-0.15, -0.1) is 0 Å². The van der Waals surface area contributed by atoms with Gasteiger partial charge in [-0.1, -0.05) is 22.9 Å². The van der Waals surface area contributed by atoms with Crippen molar-refractivity contribution >= 4 is 21.8 Å². The number of hydrogen-bond acceptors (Lipinski definition) is 2. The summed E-state index contributed by atoms with van der Waals surface area (Å²) in [4.78, 5) is 12.2. The van der Waals surface area contributed by atoms with Gasteiger partial charge in [0.25, 0.3) is 0 Å². The number of rotatable bonds is 5. The largest absolute Gasteiger partial charge is 0.378 e. The van der Waals surface area contributed by atoms with Gasteiger partial charge in [-0.25, -0.2) is 0 Å². The van der Waals surface area contributed by atoms with Crippen LogP contribution in [0.15, 0.2) is 0 Å². The normalized spacial score (nSPS) is 27.7. The Morgan fingerprint density at radius 1 is 1.67 bits per heavy atom. The monoisotopic (exact) mass is 277 g/mol. The van der Waals surface area contributed by atoms with Crippen LogP contribution in [0.4, 0.5) is 0 Å². The Morgan fingerprint density at radius 3 is 2.93 bits per heavy atom. The van der Waals surface area contributed by atoms with Gasteiger partial charge in [0.05, 0.1) is 12.0 Å². The zero-order valence-corrected chi connectivity index (χ0v) is 11.0. The molecule has 0 aliphatic carbocycles. The van der Waals surface area contributed by atoms with E-state index in [4.69, 9.17) is 4.74 Å². The van der Waals surface area contributed by atoms with Crippen LogP contribution in [0, 0.1) is 5.92 Å². The molecule has 1 fully saturated rings. The number of alkyl halides is 1. The first-order chi connectivity index (χ1) is 7.11. The Morgan fingerprint density at radius 2 is 2.40 bits per heavy atom. The van der Waals surface area contributed by atoms with Crippen molar-refractivity contribution in [1.29, 1.82) is 0 Å². The van der Waals surface area contributed by atoms with Gasteiger partial charge in [0.1, 0.15) is 0 Å². The summed E-state index contributed by atoms with van der Waals surface area (Å²) in [5, 5.41) is 2.97. The molecule has 1 heterocycles. The van der Waals surface area contributed by atoms with Crippen LogP contribution >= 0.6 is 15.9 Å². The van der Waals surface area contributed by atoms with Crippen molar-refractivity contribution in [2.45, 2.75) is 44.0 Å². The fraction of sp³-hybridized carbons (Fsp3) is 0.909. The van der Waals surface area contributed by atoms with E-state index < -0.39 is 0 Å². The van der Waals surface area contributed by atoms with Crippen molar-refractivity contribution in [3.05, 3.63) is 0 Å². The van der Waals surface area contributed by atoms with E-state index in [0.717, 1.165) is 32.4 Å². The maximum absolute atomic E-state index is 11.7. The third kappa shape index (κ3) is 4.51. The first kappa shape index (κ1) is 13.0. The van der Waals surface area contributed by atoms with Gasteiger partial charge in [0.2, 0.25) is 5.91 Å². The fourth-order valence-electron chi connectivity index (χ4n) is 1.80. The van der Waals surface area contributed by atoms with Crippen molar-refractivity contribution in [3.8, 4) is 0 Å². The second kappa shape index (κ2) is 6.48. The van der Waals surface area contributed by atoms with Gasteiger partial charge >= 0.3 is 0 Å². The van der Waals surface area contributed by atoms with Crippen LogP contribution in [0.2, 0.25) is 0 Å². The first-order valence-electron chi connectivity index (χ1n) is 5.64. The van der Waals surface area contributed by atoms with Crippen LogP contribution in [-0.2, 0) is 9.53 Å². The fourth-order valence-corrected chi connectivity index (χ4v) is 2.13. The molecule has 1 aliphatic heterocycles. The molecule has 0 saturated carbocycles. The molecule has 3 nitrogen and oxygen atoms in total. The van der Waals surface area contributed by atoms with Crippen molar-refractivity contribution in [2.75, 3.05) is 13.2 Å². The molecule has 1 aliphatic rings. The molecule has 4 heteroatoms. The summed E-state index contributed by atoms with van der Waals surface area (Å²) in [6.07, 6.45) is 3.07. The molecule has 3 unspecified atom stereocenters. The molecule has 0 radical (unpaired) electrons.